The van der Waals surface area contributed by atoms with Crippen molar-refractivity contribution in [3.63, 3.8) is 0 Å². The van der Waals surface area contributed by atoms with Crippen molar-refractivity contribution in [3.8, 4) is 0 Å². The lowest BCUT2D eigenvalue weighted by atomic mass is 9.91. The second-order valence-corrected chi connectivity index (χ2v) is 9.01. The Morgan fingerprint density at radius 3 is 2.64 bits per heavy atom. The summed E-state index contributed by atoms with van der Waals surface area (Å²) in [6, 6.07) is 5.03. The zero-order valence-electron chi connectivity index (χ0n) is 17.5. The number of piperidine rings is 2. The van der Waals surface area contributed by atoms with Crippen LogP contribution in [0.25, 0.3) is 0 Å². The van der Waals surface area contributed by atoms with E-state index in [9.17, 15) is 0 Å². The molecule has 1 aromatic rings. The summed E-state index contributed by atoms with van der Waals surface area (Å²) >= 11 is 0. The molecule has 156 valence electrons. The third-order valence-electron chi connectivity index (χ3n) is 6.81. The van der Waals surface area contributed by atoms with Gasteiger partial charge in [-0.1, -0.05) is 6.42 Å². The number of pyridine rings is 1. The molecular formula is C23H38N4O. The van der Waals surface area contributed by atoms with Crippen LogP contribution in [-0.4, -0.2) is 84.8 Å². The van der Waals surface area contributed by atoms with Gasteiger partial charge < -0.3 is 9.64 Å². The Labute approximate surface area is 171 Å². The van der Waals surface area contributed by atoms with Gasteiger partial charge in [-0.25, -0.2) is 0 Å². The number of aromatic nitrogens is 1. The molecule has 0 saturated carbocycles. The van der Waals surface area contributed by atoms with Gasteiger partial charge in [0.2, 0.25) is 0 Å². The summed E-state index contributed by atoms with van der Waals surface area (Å²) in [5, 5.41) is 0. The average Bonchev–Trinajstić information content (AvgIpc) is 2.75. The van der Waals surface area contributed by atoms with E-state index in [0.717, 1.165) is 31.7 Å². The molecule has 0 N–H and O–H groups in total. The van der Waals surface area contributed by atoms with Crippen molar-refractivity contribution in [2.45, 2.75) is 51.1 Å². The second kappa shape index (κ2) is 10.7. The molecule has 0 radical (unpaired) electrons. The van der Waals surface area contributed by atoms with Crippen LogP contribution in [0.3, 0.4) is 0 Å². The predicted molar refractivity (Wildman–Crippen MR) is 113 cm³/mol. The fourth-order valence-electron chi connectivity index (χ4n) is 5.17. The molecule has 0 bridgehead atoms. The Balaban J connectivity index is 1.10. The van der Waals surface area contributed by atoms with E-state index in [1.807, 2.05) is 12.4 Å². The molecule has 2 atom stereocenters. The standard InChI is InChI=1S/C23H38N4O/c1-2-11-25(12-3-1)13-4-16-28-20-22-5-6-23-19-26(14-15-27(23)18-22)17-21-7-9-24-10-8-21/h7-10,22-23H,1-6,11-20H2/t22-,23+/m1/s1. The number of rotatable bonds is 8. The normalized spacial score (nSPS) is 27.6. The third kappa shape index (κ3) is 5.99. The van der Waals surface area contributed by atoms with Crippen LogP contribution in [0.15, 0.2) is 24.5 Å². The SMILES string of the molecule is c1cc(CN2CCN3C[C@H](COCCCN4CCCCC4)CC[C@H]3C2)ccn1. The van der Waals surface area contributed by atoms with Gasteiger partial charge >= 0.3 is 0 Å². The van der Waals surface area contributed by atoms with E-state index >= 15 is 0 Å². The third-order valence-corrected chi connectivity index (χ3v) is 6.81. The van der Waals surface area contributed by atoms with Gasteiger partial charge in [0.25, 0.3) is 0 Å². The first-order valence-corrected chi connectivity index (χ1v) is 11.5. The van der Waals surface area contributed by atoms with Gasteiger partial charge in [-0.15, -0.1) is 0 Å². The highest BCUT2D eigenvalue weighted by molar-refractivity contribution is 5.09. The van der Waals surface area contributed by atoms with Crippen LogP contribution in [0.2, 0.25) is 0 Å². The van der Waals surface area contributed by atoms with Crippen LogP contribution in [0.4, 0.5) is 0 Å². The molecule has 4 heterocycles. The molecule has 3 aliphatic rings. The zero-order chi connectivity index (χ0) is 19.0. The highest BCUT2D eigenvalue weighted by atomic mass is 16.5. The molecule has 3 fully saturated rings. The van der Waals surface area contributed by atoms with E-state index in [0.29, 0.717) is 0 Å². The van der Waals surface area contributed by atoms with Gasteiger partial charge in [0, 0.05) is 64.3 Å². The molecule has 0 aliphatic carbocycles. The maximum Gasteiger partial charge on any atom is 0.0506 e. The van der Waals surface area contributed by atoms with E-state index < -0.39 is 0 Å². The van der Waals surface area contributed by atoms with Crippen LogP contribution in [0, 0.1) is 5.92 Å². The van der Waals surface area contributed by atoms with E-state index in [-0.39, 0.29) is 0 Å². The average molecular weight is 387 g/mol. The van der Waals surface area contributed by atoms with E-state index in [1.54, 1.807) is 0 Å². The molecule has 4 rings (SSSR count). The molecule has 28 heavy (non-hydrogen) atoms. The fraction of sp³-hybridized carbons (Fsp3) is 0.783. The second-order valence-electron chi connectivity index (χ2n) is 9.01. The Bertz CT molecular complexity index is 563. The van der Waals surface area contributed by atoms with Gasteiger partial charge in [0.05, 0.1) is 6.61 Å². The number of piperazine rings is 1. The van der Waals surface area contributed by atoms with Crippen molar-refractivity contribution in [1.82, 2.24) is 19.7 Å². The van der Waals surface area contributed by atoms with Crippen molar-refractivity contribution in [2.75, 3.05) is 59.0 Å². The summed E-state index contributed by atoms with van der Waals surface area (Å²) in [6.07, 6.45) is 11.9. The minimum atomic E-state index is 0.734. The minimum absolute atomic E-state index is 0.734. The van der Waals surface area contributed by atoms with Gasteiger partial charge in [-0.2, -0.15) is 0 Å². The van der Waals surface area contributed by atoms with Crippen LogP contribution in [0.1, 0.15) is 44.1 Å². The largest absolute Gasteiger partial charge is 0.381 e. The van der Waals surface area contributed by atoms with Crippen LogP contribution < -0.4 is 0 Å². The quantitative estimate of drug-likeness (QED) is 0.642. The highest BCUT2D eigenvalue weighted by Crippen LogP contribution is 2.26. The molecule has 3 saturated heterocycles. The molecule has 0 amide bonds. The first kappa shape index (κ1) is 20.3. The van der Waals surface area contributed by atoms with Crippen molar-refractivity contribution in [2.24, 2.45) is 5.92 Å². The number of hydrogen-bond acceptors (Lipinski definition) is 5. The van der Waals surface area contributed by atoms with Crippen molar-refractivity contribution < 1.29 is 4.74 Å². The fourth-order valence-corrected chi connectivity index (χ4v) is 5.17. The van der Waals surface area contributed by atoms with Crippen molar-refractivity contribution in [3.05, 3.63) is 30.1 Å². The molecule has 5 nitrogen and oxygen atoms in total. The van der Waals surface area contributed by atoms with Gasteiger partial charge in [-0.05, 0) is 68.8 Å². The van der Waals surface area contributed by atoms with Gasteiger partial charge in [0.1, 0.15) is 0 Å². The molecule has 0 unspecified atom stereocenters. The lowest BCUT2D eigenvalue weighted by Crippen LogP contribution is -2.56. The summed E-state index contributed by atoms with van der Waals surface area (Å²) in [5.41, 5.74) is 1.38. The summed E-state index contributed by atoms with van der Waals surface area (Å²) in [5.74, 6) is 0.734. The smallest absolute Gasteiger partial charge is 0.0506 e. The predicted octanol–water partition coefficient (Wildman–Crippen LogP) is 2.87. The minimum Gasteiger partial charge on any atom is -0.381 e. The Kier molecular flexibility index (Phi) is 7.73. The monoisotopic (exact) mass is 386 g/mol. The van der Waals surface area contributed by atoms with E-state index in [1.165, 1.54) is 89.9 Å². The van der Waals surface area contributed by atoms with Crippen molar-refractivity contribution in [1.29, 1.82) is 0 Å². The number of ether oxygens (including phenoxy) is 1. The molecule has 0 aromatic carbocycles. The first-order valence-electron chi connectivity index (χ1n) is 11.5. The maximum absolute atomic E-state index is 6.07. The van der Waals surface area contributed by atoms with Crippen molar-refractivity contribution >= 4 is 0 Å². The number of nitrogens with zero attached hydrogens (tertiary/aromatic N) is 4. The Hall–Kier alpha value is -1.01. The number of hydrogen-bond donors (Lipinski definition) is 0. The van der Waals surface area contributed by atoms with Gasteiger partial charge in [0.15, 0.2) is 0 Å². The van der Waals surface area contributed by atoms with Crippen LogP contribution in [-0.2, 0) is 11.3 Å². The summed E-state index contributed by atoms with van der Waals surface area (Å²) in [7, 11) is 0. The lowest BCUT2D eigenvalue weighted by Gasteiger charge is -2.46. The summed E-state index contributed by atoms with van der Waals surface area (Å²) in [6.45, 7) is 11.6. The maximum atomic E-state index is 6.07. The number of fused-ring (bicyclic) bond motifs is 1. The zero-order valence-corrected chi connectivity index (χ0v) is 17.5. The summed E-state index contributed by atoms with van der Waals surface area (Å²) in [4.78, 5) is 12.1. The van der Waals surface area contributed by atoms with E-state index in [4.69, 9.17) is 4.74 Å². The topological polar surface area (TPSA) is 31.8 Å². The first-order chi connectivity index (χ1) is 13.9. The Morgan fingerprint density at radius 2 is 1.79 bits per heavy atom. The van der Waals surface area contributed by atoms with Crippen LogP contribution >= 0.6 is 0 Å². The lowest BCUT2D eigenvalue weighted by molar-refractivity contribution is -0.00316. The molecule has 5 heteroatoms. The summed E-state index contributed by atoms with van der Waals surface area (Å²) < 4.78 is 6.07. The molecule has 1 aromatic heterocycles. The molecule has 0 spiro atoms. The van der Waals surface area contributed by atoms with Crippen LogP contribution in [0.5, 0.6) is 0 Å². The number of likely N-dealkylation sites (tertiary alicyclic amines) is 1. The molecule has 3 aliphatic heterocycles. The Morgan fingerprint density at radius 1 is 0.929 bits per heavy atom. The molecular weight excluding hydrogens is 348 g/mol. The highest BCUT2D eigenvalue weighted by Gasteiger charge is 2.32. The van der Waals surface area contributed by atoms with E-state index in [2.05, 4.69) is 31.8 Å². The van der Waals surface area contributed by atoms with Gasteiger partial charge in [-0.3, -0.25) is 14.8 Å².